The topological polar surface area (TPSA) is 71.2 Å². The maximum atomic E-state index is 11.2. The summed E-state index contributed by atoms with van der Waals surface area (Å²) in [5.74, 6) is 0.0508. The second-order valence-corrected chi connectivity index (χ2v) is 4.61. The van der Waals surface area contributed by atoms with Crippen LogP contribution in [0.5, 0.6) is 0 Å². The van der Waals surface area contributed by atoms with E-state index in [1.807, 2.05) is 16.7 Å². The Morgan fingerprint density at radius 2 is 2.16 bits per heavy atom. The predicted octanol–water partition coefficient (Wildman–Crippen LogP) is 0.992. The molecule has 3 rings (SSSR count). The molecule has 6 heteroatoms. The van der Waals surface area contributed by atoms with Gasteiger partial charge in [0.1, 0.15) is 12.2 Å². The lowest BCUT2D eigenvalue weighted by Crippen LogP contribution is -2.33. The summed E-state index contributed by atoms with van der Waals surface area (Å²) in [4.78, 5) is 13.4. The molecule has 0 fully saturated rings. The van der Waals surface area contributed by atoms with Crippen molar-refractivity contribution in [2.75, 3.05) is 6.54 Å². The molecule has 1 aromatic heterocycles. The van der Waals surface area contributed by atoms with Crippen LogP contribution in [0.3, 0.4) is 0 Å². The summed E-state index contributed by atoms with van der Waals surface area (Å²) in [5.41, 5.74) is 1.21. The molecule has 98 valence electrons. The summed E-state index contributed by atoms with van der Waals surface area (Å²) in [6.45, 7) is 3.04. The first-order valence-electron chi connectivity index (χ1n) is 6.14. The number of hydrogen-bond donors (Lipinski definition) is 1. The molecule has 0 spiro atoms. The van der Waals surface area contributed by atoms with Crippen molar-refractivity contribution in [3.05, 3.63) is 47.5 Å². The Balaban J connectivity index is 1.78. The fourth-order valence-corrected chi connectivity index (χ4v) is 2.36. The molecule has 19 heavy (non-hydrogen) atoms. The van der Waals surface area contributed by atoms with Crippen molar-refractivity contribution in [3.63, 3.8) is 0 Å². The van der Waals surface area contributed by atoms with E-state index in [2.05, 4.69) is 15.1 Å². The molecule has 6 nitrogen and oxygen atoms in total. The van der Waals surface area contributed by atoms with Crippen LogP contribution in [0.15, 0.2) is 30.6 Å². The minimum Gasteiger partial charge on any atom is -0.478 e. The van der Waals surface area contributed by atoms with Crippen LogP contribution in [0.4, 0.5) is 0 Å². The minimum atomic E-state index is -0.879. The van der Waals surface area contributed by atoms with E-state index in [-0.39, 0.29) is 0 Å². The van der Waals surface area contributed by atoms with Crippen molar-refractivity contribution < 1.29 is 9.90 Å². The lowest BCUT2D eigenvalue weighted by molar-refractivity contribution is 0.0694. The van der Waals surface area contributed by atoms with Gasteiger partial charge < -0.3 is 9.67 Å². The van der Waals surface area contributed by atoms with Gasteiger partial charge in [-0.05, 0) is 11.6 Å². The van der Waals surface area contributed by atoms with Gasteiger partial charge in [-0.2, -0.15) is 0 Å². The van der Waals surface area contributed by atoms with Crippen LogP contribution in [0.2, 0.25) is 0 Å². The molecule has 1 aliphatic heterocycles. The summed E-state index contributed by atoms with van der Waals surface area (Å²) >= 11 is 0. The standard InChI is InChI=1S/C13H14N4O2/c18-13(19)11-4-2-1-3-10(11)7-16-5-6-17-9-14-15-12(17)8-16/h1-4,9H,5-8H2,(H,18,19). The van der Waals surface area contributed by atoms with Gasteiger partial charge in [-0.3, -0.25) is 4.90 Å². The normalized spacial score (nSPS) is 15.2. The molecule has 0 aliphatic carbocycles. The van der Waals surface area contributed by atoms with Crippen molar-refractivity contribution in [2.24, 2.45) is 0 Å². The minimum absolute atomic E-state index is 0.370. The molecule has 0 bridgehead atoms. The smallest absolute Gasteiger partial charge is 0.336 e. The van der Waals surface area contributed by atoms with Gasteiger partial charge in [0, 0.05) is 19.6 Å². The van der Waals surface area contributed by atoms with Gasteiger partial charge in [-0.15, -0.1) is 10.2 Å². The number of aromatic nitrogens is 3. The lowest BCUT2D eigenvalue weighted by atomic mass is 10.1. The Labute approximate surface area is 110 Å². The first-order valence-corrected chi connectivity index (χ1v) is 6.14. The summed E-state index contributed by atoms with van der Waals surface area (Å²) in [5, 5.41) is 17.1. The van der Waals surface area contributed by atoms with Gasteiger partial charge in [0.05, 0.1) is 12.1 Å². The van der Waals surface area contributed by atoms with Crippen molar-refractivity contribution in [1.29, 1.82) is 0 Å². The van der Waals surface area contributed by atoms with E-state index < -0.39 is 5.97 Å². The van der Waals surface area contributed by atoms with E-state index in [4.69, 9.17) is 0 Å². The van der Waals surface area contributed by atoms with Crippen LogP contribution in [0.1, 0.15) is 21.7 Å². The van der Waals surface area contributed by atoms with E-state index in [1.54, 1.807) is 18.5 Å². The Morgan fingerprint density at radius 3 is 3.00 bits per heavy atom. The highest BCUT2D eigenvalue weighted by Crippen LogP contribution is 2.16. The molecule has 2 heterocycles. The summed E-state index contributed by atoms with van der Waals surface area (Å²) in [6.07, 6.45) is 1.73. The maximum Gasteiger partial charge on any atom is 0.336 e. The number of benzene rings is 1. The fraction of sp³-hybridized carbons (Fsp3) is 0.308. The van der Waals surface area contributed by atoms with Crippen LogP contribution in [-0.2, 0) is 19.6 Å². The van der Waals surface area contributed by atoms with Crippen molar-refractivity contribution in [1.82, 2.24) is 19.7 Å². The van der Waals surface area contributed by atoms with Crippen molar-refractivity contribution in [3.8, 4) is 0 Å². The summed E-state index contributed by atoms with van der Waals surface area (Å²) < 4.78 is 2.03. The molecule has 1 aromatic carbocycles. The van der Waals surface area contributed by atoms with Crippen molar-refractivity contribution >= 4 is 5.97 Å². The van der Waals surface area contributed by atoms with E-state index in [9.17, 15) is 9.90 Å². The quantitative estimate of drug-likeness (QED) is 0.889. The number of carboxylic acids is 1. The van der Waals surface area contributed by atoms with Crippen LogP contribution < -0.4 is 0 Å². The third kappa shape index (κ3) is 2.34. The van der Waals surface area contributed by atoms with Gasteiger partial charge in [0.15, 0.2) is 0 Å². The number of carboxylic acid groups (broad SMARTS) is 1. The largest absolute Gasteiger partial charge is 0.478 e. The number of fused-ring (bicyclic) bond motifs is 1. The van der Waals surface area contributed by atoms with E-state index >= 15 is 0 Å². The van der Waals surface area contributed by atoms with Gasteiger partial charge in [0.25, 0.3) is 0 Å². The number of rotatable bonds is 3. The van der Waals surface area contributed by atoms with Crippen LogP contribution in [-0.4, -0.2) is 37.3 Å². The van der Waals surface area contributed by atoms with E-state index in [0.717, 1.165) is 24.5 Å². The molecule has 0 unspecified atom stereocenters. The van der Waals surface area contributed by atoms with Crippen molar-refractivity contribution in [2.45, 2.75) is 19.6 Å². The van der Waals surface area contributed by atoms with Crippen LogP contribution in [0.25, 0.3) is 0 Å². The zero-order valence-electron chi connectivity index (χ0n) is 10.4. The molecule has 0 saturated heterocycles. The molecular weight excluding hydrogens is 244 g/mol. The molecular formula is C13H14N4O2. The van der Waals surface area contributed by atoms with Gasteiger partial charge >= 0.3 is 5.97 Å². The predicted molar refractivity (Wildman–Crippen MR) is 67.5 cm³/mol. The third-order valence-corrected chi connectivity index (χ3v) is 3.36. The Hall–Kier alpha value is -2.21. The number of aromatic carboxylic acids is 1. The average Bonchev–Trinajstić information content (AvgIpc) is 2.86. The first-order chi connectivity index (χ1) is 9.24. The Kier molecular flexibility index (Phi) is 3.00. The summed E-state index contributed by atoms with van der Waals surface area (Å²) in [6, 6.07) is 7.13. The average molecular weight is 258 g/mol. The Bertz CT molecular complexity index is 608. The third-order valence-electron chi connectivity index (χ3n) is 3.36. The summed E-state index contributed by atoms with van der Waals surface area (Å²) in [7, 11) is 0. The Morgan fingerprint density at radius 1 is 1.32 bits per heavy atom. The van der Waals surface area contributed by atoms with E-state index in [0.29, 0.717) is 18.7 Å². The molecule has 0 radical (unpaired) electrons. The van der Waals surface area contributed by atoms with Gasteiger partial charge in [-0.25, -0.2) is 4.79 Å². The zero-order valence-corrected chi connectivity index (χ0v) is 10.4. The van der Waals surface area contributed by atoms with Crippen LogP contribution >= 0.6 is 0 Å². The highest BCUT2D eigenvalue weighted by atomic mass is 16.4. The van der Waals surface area contributed by atoms with E-state index in [1.165, 1.54) is 0 Å². The molecule has 1 N–H and O–H groups in total. The first kappa shape index (κ1) is 11.9. The molecule has 1 aliphatic rings. The number of nitrogens with zero attached hydrogens (tertiary/aromatic N) is 4. The van der Waals surface area contributed by atoms with Crippen LogP contribution in [0, 0.1) is 0 Å². The SMILES string of the molecule is O=C(O)c1ccccc1CN1CCn2cnnc2C1. The van der Waals surface area contributed by atoms with Gasteiger partial charge in [-0.1, -0.05) is 18.2 Å². The lowest BCUT2D eigenvalue weighted by Gasteiger charge is -2.27. The molecule has 0 atom stereocenters. The zero-order chi connectivity index (χ0) is 13.2. The highest BCUT2D eigenvalue weighted by Gasteiger charge is 2.19. The molecule has 0 saturated carbocycles. The van der Waals surface area contributed by atoms with Gasteiger partial charge in [0.2, 0.25) is 0 Å². The second kappa shape index (κ2) is 4.81. The highest BCUT2D eigenvalue weighted by molar-refractivity contribution is 5.89. The number of hydrogen-bond acceptors (Lipinski definition) is 4. The monoisotopic (exact) mass is 258 g/mol. The molecule has 0 amide bonds. The second-order valence-electron chi connectivity index (χ2n) is 4.61. The maximum absolute atomic E-state index is 11.2. The fourth-order valence-electron chi connectivity index (χ4n) is 2.36. The number of carbonyl (C=O) groups is 1. The molecule has 2 aromatic rings.